The van der Waals surface area contributed by atoms with Gasteiger partial charge in [0.05, 0.1) is 19.3 Å². The summed E-state index contributed by atoms with van der Waals surface area (Å²) in [5.74, 6) is 0.699. The van der Waals surface area contributed by atoms with Gasteiger partial charge in [0.25, 0.3) is 0 Å². The number of ether oxygens (including phenoxy) is 3. The number of nitrogen functional groups attached to an aromatic ring is 1. The molecule has 5 rings (SSSR count). The quantitative estimate of drug-likeness (QED) is 0.709. The third-order valence-corrected chi connectivity index (χ3v) is 6.06. The summed E-state index contributed by atoms with van der Waals surface area (Å²) in [7, 11) is 1.99. The lowest BCUT2D eigenvalue weighted by molar-refractivity contribution is -0.185. The van der Waals surface area contributed by atoms with Gasteiger partial charge < -0.3 is 35.1 Å². The number of aromatic nitrogens is 2. The van der Waals surface area contributed by atoms with Crippen molar-refractivity contribution >= 4 is 17.3 Å². The van der Waals surface area contributed by atoms with Crippen LogP contribution in [0.15, 0.2) is 36.7 Å². The molecule has 3 aliphatic rings. The van der Waals surface area contributed by atoms with E-state index in [-0.39, 0.29) is 24.4 Å². The highest BCUT2D eigenvalue weighted by atomic mass is 16.8. The molecule has 9 heteroatoms. The molecule has 166 valence electrons. The summed E-state index contributed by atoms with van der Waals surface area (Å²) < 4.78 is 18.9. The molecule has 4 heterocycles. The largest absolute Gasteiger partial charge is 0.382 e. The summed E-state index contributed by atoms with van der Waals surface area (Å²) in [6, 6.07) is 10.3. The molecule has 1 aromatic heterocycles. The van der Waals surface area contributed by atoms with Crippen LogP contribution in [0.3, 0.4) is 0 Å². The Balaban J connectivity index is 1.28. The number of nitrogens with zero attached hydrogens (tertiary/aromatic N) is 4. The van der Waals surface area contributed by atoms with Crippen molar-refractivity contribution < 1.29 is 14.2 Å². The zero-order chi connectivity index (χ0) is 21.6. The highest BCUT2D eigenvalue weighted by Crippen LogP contribution is 2.41. The molecular weight excluding hydrogens is 396 g/mol. The minimum Gasteiger partial charge on any atom is -0.382 e. The van der Waals surface area contributed by atoms with Crippen LogP contribution < -0.4 is 20.9 Å². The van der Waals surface area contributed by atoms with Gasteiger partial charge in [-0.05, 0) is 19.4 Å². The van der Waals surface area contributed by atoms with Crippen molar-refractivity contribution in [2.24, 2.45) is 0 Å². The van der Waals surface area contributed by atoms with Gasteiger partial charge >= 0.3 is 0 Å². The Morgan fingerprint density at radius 3 is 2.65 bits per heavy atom. The molecule has 3 N–H and O–H groups in total. The summed E-state index contributed by atoms with van der Waals surface area (Å²) >= 11 is 0. The highest BCUT2D eigenvalue weighted by Gasteiger charge is 2.55. The molecule has 0 amide bonds. The van der Waals surface area contributed by atoms with E-state index in [1.54, 1.807) is 0 Å². The Bertz CT molecular complexity index is 927. The van der Waals surface area contributed by atoms with E-state index in [1.807, 2.05) is 39.1 Å². The molecule has 3 aliphatic heterocycles. The van der Waals surface area contributed by atoms with Gasteiger partial charge in [-0.2, -0.15) is 0 Å². The van der Waals surface area contributed by atoms with Gasteiger partial charge in [-0.25, -0.2) is 9.97 Å². The normalized spacial score (nSPS) is 28.7. The van der Waals surface area contributed by atoms with Crippen LogP contribution in [-0.2, 0) is 20.8 Å². The summed E-state index contributed by atoms with van der Waals surface area (Å²) in [5, 5.41) is 3.51. The Morgan fingerprint density at radius 2 is 1.87 bits per heavy atom. The minimum atomic E-state index is -0.624. The van der Waals surface area contributed by atoms with E-state index in [9.17, 15) is 0 Å². The number of benzene rings is 1. The maximum absolute atomic E-state index is 6.45. The lowest BCUT2D eigenvalue weighted by atomic mass is 10.1. The first kappa shape index (κ1) is 20.4. The topological polar surface area (TPSA) is 98.0 Å². The van der Waals surface area contributed by atoms with Gasteiger partial charge in [-0.1, -0.05) is 30.3 Å². The van der Waals surface area contributed by atoms with Crippen molar-refractivity contribution in [2.45, 2.75) is 50.6 Å². The first-order valence-electron chi connectivity index (χ1n) is 10.7. The van der Waals surface area contributed by atoms with Crippen LogP contribution >= 0.6 is 0 Å². The fraction of sp³-hybridized carbons (Fsp3) is 0.545. The van der Waals surface area contributed by atoms with E-state index >= 15 is 0 Å². The number of nitrogens with two attached hydrogens (primary N) is 1. The first-order valence-corrected chi connectivity index (χ1v) is 10.7. The van der Waals surface area contributed by atoms with Crippen molar-refractivity contribution in [3.05, 3.63) is 42.2 Å². The first-order chi connectivity index (χ1) is 14.9. The number of anilines is 3. The zero-order valence-corrected chi connectivity index (χ0v) is 18.2. The van der Waals surface area contributed by atoms with Crippen LogP contribution in [0.4, 0.5) is 17.3 Å². The van der Waals surface area contributed by atoms with Crippen molar-refractivity contribution in [3.8, 4) is 0 Å². The van der Waals surface area contributed by atoms with Crippen LogP contribution in [-0.4, -0.2) is 67.0 Å². The van der Waals surface area contributed by atoms with E-state index in [2.05, 4.69) is 37.2 Å². The van der Waals surface area contributed by atoms with E-state index in [1.165, 1.54) is 11.9 Å². The smallest absolute Gasteiger partial charge is 0.164 e. The van der Waals surface area contributed by atoms with Crippen LogP contribution in [0, 0.1) is 0 Å². The molecule has 2 saturated heterocycles. The molecular formula is C22H30N6O3. The number of hydrogen-bond acceptors (Lipinski definition) is 9. The predicted molar refractivity (Wildman–Crippen MR) is 118 cm³/mol. The fourth-order valence-corrected chi connectivity index (χ4v) is 4.77. The van der Waals surface area contributed by atoms with E-state index in [0.717, 1.165) is 18.1 Å². The standard InChI is InChI=1S/C22H30N6O3/c1-22(2)30-18-15(10-24-9-14-7-5-4-6-8-14)29-16(19(18)31-22)11-28-13-27(3)17-20(23)25-12-26-21(17)28/h4-8,12,15-16,18-19,24H,9-11,13H2,1-3H3,(H2,23,25,26)/t15-,16+,18-,19+/m1/s1. The maximum Gasteiger partial charge on any atom is 0.164 e. The second-order valence-electron chi connectivity index (χ2n) is 8.89. The summed E-state index contributed by atoms with van der Waals surface area (Å²) in [6.07, 6.45) is 1.04. The average molecular weight is 427 g/mol. The van der Waals surface area contributed by atoms with E-state index in [4.69, 9.17) is 19.9 Å². The lowest BCUT2D eigenvalue weighted by Crippen LogP contribution is -2.41. The second kappa shape index (κ2) is 7.90. The third-order valence-electron chi connectivity index (χ3n) is 6.06. The number of rotatable bonds is 6. The molecule has 2 fully saturated rings. The van der Waals surface area contributed by atoms with Gasteiger partial charge in [-0.3, -0.25) is 0 Å². The monoisotopic (exact) mass is 426 g/mol. The Morgan fingerprint density at radius 1 is 1.13 bits per heavy atom. The summed E-state index contributed by atoms with van der Waals surface area (Å²) in [4.78, 5) is 12.8. The van der Waals surface area contributed by atoms with Crippen molar-refractivity contribution in [1.82, 2.24) is 15.3 Å². The second-order valence-corrected chi connectivity index (χ2v) is 8.89. The minimum absolute atomic E-state index is 0.0873. The molecule has 0 unspecified atom stereocenters. The molecule has 2 aromatic rings. The van der Waals surface area contributed by atoms with Gasteiger partial charge in [0, 0.05) is 20.1 Å². The summed E-state index contributed by atoms with van der Waals surface area (Å²) in [6.45, 7) is 6.72. The molecule has 0 aliphatic carbocycles. The molecule has 31 heavy (non-hydrogen) atoms. The van der Waals surface area contributed by atoms with Gasteiger partial charge in [0.1, 0.15) is 30.3 Å². The average Bonchev–Trinajstić information content (AvgIpc) is 3.33. The van der Waals surface area contributed by atoms with Crippen LogP contribution in [0.1, 0.15) is 19.4 Å². The molecule has 4 atom stereocenters. The zero-order valence-electron chi connectivity index (χ0n) is 18.2. The highest BCUT2D eigenvalue weighted by molar-refractivity contribution is 5.81. The summed E-state index contributed by atoms with van der Waals surface area (Å²) in [5.41, 5.74) is 8.18. The predicted octanol–water partition coefficient (Wildman–Crippen LogP) is 1.35. The molecule has 9 nitrogen and oxygen atoms in total. The third kappa shape index (κ3) is 3.94. The van der Waals surface area contributed by atoms with Crippen molar-refractivity contribution in [2.75, 3.05) is 42.3 Å². The molecule has 0 bridgehead atoms. The van der Waals surface area contributed by atoms with Crippen molar-refractivity contribution in [3.63, 3.8) is 0 Å². The molecule has 1 aromatic carbocycles. The van der Waals surface area contributed by atoms with Gasteiger partial charge in [0.15, 0.2) is 17.4 Å². The Hall–Kier alpha value is -2.46. The van der Waals surface area contributed by atoms with E-state index in [0.29, 0.717) is 25.6 Å². The van der Waals surface area contributed by atoms with Crippen LogP contribution in [0.5, 0.6) is 0 Å². The maximum atomic E-state index is 6.45. The lowest BCUT2D eigenvalue weighted by Gasteiger charge is -2.27. The number of nitrogens with one attached hydrogen (secondary N) is 1. The molecule has 0 radical (unpaired) electrons. The van der Waals surface area contributed by atoms with Crippen LogP contribution in [0.25, 0.3) is 0 Å². The van der Waals surface area contributed by atoms with Crippen LogP contribution in [0.2, 0.25) is 0 Å². The Labute approximate surface area is 182 Å². The Kier molecular flexibility index (Phi) is 5.21. The SMILES string of the molecule is CN1CN(C[C@@H]2O[C@H](CNCc3ccccc3)[C@H]3OC(C)(C)O[C@H]32)c2ncnc(N)c21. The number of fused-ring (bicyclic) bond motifs is 2. The fourth-order valence-electron chi connectivity index (χ4n) is 4.77. The molecule has 0 spiro atoms. The van der Waals surface area contributed by atoms with Gasteiger partial charge in [-0.15, -0.1) is 0 Å². The van der Waals surface area contributed by atoms with E-state index < -0.39 is 5.79 Å². The molecule has 0 saturated carbocycles. The van der Waals surface area contributed by atoms with Crippen molar-refractivity contribution in [1.29, 1.82) is 0 Å². The number of hydrogen-bond donors (Lipinski definition) is 2. The van der Waals surface area contributed by atoms with Gasteiger partial charge in [0.2, 0.25) is 0 Å².